The summed E-state index contributed by atoms with van der Waals surface area (Å²) in [5, 5.41) is 13.7. The summed E-state index contributed by atoms with van der Waals surface area (Å²) in [6.45, 7) is 11.6. The maximum atomic E-state index is 10.1. The summed E-state index contributed by atoms with van der Waals surface area (Å²) < 4.78 is 0. The molecule has 0 amide bonds. The number of guanidine groups is 1. The largest absolute Gasteiger partial charge is 0.506 e. The van der Waals surface area contributed by atoms with Crippen molar-refractivity contribution in [3.05, 3.63) is 24.3 Å². The van der Waals surface area contributed by atoms with E-state index in [0.29, 0.717) is 11.8 Å². The number of benzene rings is 1. The van der Waals surface area contributed by atoms with Gasteiger partial charge in [-0.2, -0.15) is 0 Å². The second-order valence-electron chi connectivity index (χ2n) is 7.96. The Bertz CT molecular complexity index is 619. The Morgan fingerprint density at radius 3 is 2.44 bits per heavy atom. The number of piperazine rings is 1. The molecule has 150 valence electrons. The minimum Gasteiger partial charge on any atom is -0.506 e. The van der Waals surface area contributed by atoms with E-state index >= 15 is 0 Å². The Kier molecular flexibility index (Phi) is 6.83. The van der Waals surface area contributed by atoms with Crippen LogP contribution >= 0.6 is 0 Å². The summed E-state index contributed by atoms with van der Waals surface area (Å²) in [5.74, 6) is 2.22. The van der Waals surface area contributed by atoms with E-state index in [4.69, 9.17) is 0 Å². The number of aliphatic imine (C=N–C) groups is 1. The number of nitrogens with zero attached hydrogens (tertiary/aromatic N) is 4. The number of para-hydroxylation sites is 2. The topological polar surface area (TPSA) is 54.3 Å². The molecule has 1 aromatic rings. The molecule has 2 saturated heterocycles. The molecular formula is C21H35N5O. The molecule has 0 spiro atoms. The number of phenolic OH excluding ortho intramolecular Hbond substituents is 1. The lowest BCUT2D eigenvalue weighted by atomic mass is 9.98. The zero-order valence-electron chi connectivity index (χ0n) is 17.1. The van der Waals surface area contributed by atoms with Gasteiger partial charge in [-0.05, 0) is 50.9 Å². The summed E-state index contributed by atoms with van der Waals surface area (Å²) in [6.07, 6.45) is 2.63. The van der Waals surface area contributed by atoms with Gasteiger partial charge < -0.3 is 20.2 Å². The highest BCUT2D eigenvalue weighted by Gasteiger charge is 2.23. The molecule has 0 saturated carbocycles. The first-order chi connectivity index (χ1) is 13.1. The van der Waals surface area contributed by atoms with Gasteiger partial charge in [-0.1, -0.05) is 19.1 Å². The number of hydrogen-bond donors (Lipinski definition) is 2. The smallest absolute Gasteiger partial charge is 0.193 e. The molecule has 3 rings (SSSR count). The van der Waals surface area contributed by atoms with Gasteiger partial charge >= 0.3 is 0 Å². The van der Waals surface area contributed by atoms with Crippen LogP contribution in [-0.2, 0) is 0 Å². The Labute approximate surface area is 163 Å². The number of anilines is 1. The first kappa shape index (κ1) is 19.8. The van der Waals surface area contributed by atoms with Crippen molar-refractivity contribution in [1.29, 1.82) is 0 Å². The zero-order chi connectivity index (χ0) is 19.2. The Morgan fingerprint density at radius 1 is 1.15 bits per heavy atom. The highest BCUT2D eigenvalue weighted by Crippen LogP contribution is 2.27. The lowest BCUT2D eigenvalue weighted by Gasteiger charge is -2.39. The van der Waals surface area contributed by atoms with E-state index in [0.717, 1.165) is 50.3 Å². The van der Waals surface area contributed by atoms with E-state index in [2.05, 4.69) is 38.9 Å². The summed E-state index contributed by atoms with van der Waals surface area (Å²) in [7, 11) is 1.87. The van der Waals surface area contributed by atoms with Crippen LogP contribution in [0.3, 0.4) is 0 Å². The average molecular weight is 374 g/mol. The van der Waals surface area contributed by atoms with Gasteiger partial charge in [0.2, 0.25) is 0 Å². The highest BCUT2D eigenvalue weighted by atomic mass is 16.3. The monoisotopic (exact) mass is 373 g/mol. The maximum Gasteiger partial charge on any atom is 0.193 e. The van der Waals surface area contributed by atoms with Crippen LogP contribution in [0, 0.1) is 5.92 Å². The van der Waals surface area contributed by atoms with Crippen LogP contribution in [0.2, 0.25) is 0 Å². The highest BCUT2D eigenvalue weighted by molar-refractivity contribution is 5.80. The summed E-state index contributed by atoms with van der Waals surface area (Å²) >= 11 is 0. The predicted molar refractivity (Wildman–Crippen MR) is 113 cm³/mol. The van der Waals surface area contributed by atoms with Gasteiger partial charge in [-0.15, -0.1) is 0 Å². The summed E-state index contributed by atoms with van der Waals surface area (Å²) in [5.41, 5.74) is 0.924. The van der Waals surface area contributed by atoms with Gasteiger partial charge in [0.1, 0.15) is 5.75 Å². The van der Waals surface area contributed by atoms with E-state index in [9.17, 15) is 5.11 Å². The Hall–Kier alpha value is -1.95. The average Bonchev–Trinajstić information content (AvgIpc) is 2.70. The van der Waals surface area contributed by atoms with Crippen molar-refractivity contribution in [2.24, 2.45) is 10.9 Å². The number of hydrogen-bond acceptors (Lipinski definition) is 4. The van der Waals surface area contributed by atoms with E-state index in [-0.39, 0.29) is 0 Å². The number of rotatable bonds is 4. The number of phenols is 1. The number of aromatic hydroxyl groups is 1. The predicted octanol–water partition coefficient (Wildman–Crippen LogP) is 2.21. The molecular weight excluding hydrogens is 338 g/mol. The van der Waals surface area contributed by atoms with Gasteiger partial charge in [0, 0.05) is 45.8 Å². The van der Waals surface area contributed by atoms with Gasteiger partial charge in [0.15, 0.2) is 5.96 Å². The Morgan fingerprint density at radius 2 is 1.81 bits per heavy atom. The van der Waals surface area contributed by atoms with Crippen molar-refractivity contribution in [2.45, 2.75) is 32.7 Å². The molecule has 0 aliphatic carbocycles. The fourth-order valence-electron chi connectivity index (χ4n) is 4.06. The number of piperidine rings is 1. The van der Waals surface area contributed by atoms with Crippen molar-refractivity contribution in [3.63, 3.8) is 0 Å². The zero-order valence-corrected chi connectivity index (χ0v) is 17.1. The molecule has 2 N–H and O–H groups in total. The van der Waals surface area contributed by atoms with Crippen molar-refractivity contribution < 1.29 is 5.11 Å². The second-order valence-corrected chi connectivity index (χ2v) is 7.96. The molecule has 0 bridgehead atoms. The second kappa shape index (κ2) is 9.31. The molecule has 6 nitrogen and oxygen atoms in total. The fraction of sp³-hybridized carbons (Fsp3) is 0.667. The molecule has 2 aliphatic heterocycles. The van der Waals surface area contributed by atoms with Crippen LogP contribution in [-0.4, -0.2) is 79.8 Å². The number of nitrogens with one attached hydrogen (secondary N) is 1. The standard InChI is InChI=1S/C21H35N5O/c1-17-8-10-24(11-9-17)18(2)16-23-21(22-3)26-14-12-25(13-15-26)19-6-4-5-7-20(19)27/h4-7,17-18,27H,8-16H2,1-3H3,(H,22,23). The fourth-order valence-corrected chi connectivity index (χ4v) is 4.06. The summed E-state index contributed by atoms with van der Waals surface area (Å²) in [6, 6.07) is 8.11. The lowest BCUT2D eigenvalue weighted by molar-refractivity contribution is 0.147. The number of likely N-dealkylation sites (tertiary alicyclic amines) is 1. The molecule has 27 heavy (non-hydrogen) atoms. The van der Waals surface area contributed by atoms with Crippen molar-refractivity contribution in [3.8, 4) is 5.75 Å². The van der Waals surface area contributed by atoms with Crippen molar-refractivity contribution in [1.82, 2.24) is 15.1 Å². The quantitative estimate of drug-likeness (QED) is 0.626. The van der Waals surface area contributed by atoms with E-state index in [1.54, 1.807) is 6.07 Å². The molecule has 1 atom stereocenters. The van der Waals surface area contributed by atoms with E-state index in [1.807, 2.05) is 25.2 Å². The van der Waals surface area contributed by atoms with Crippen LogP contribution in [0.15, 0.2) is 29.3 Å². The van der Waals surface area contributed by atoms with Gasteiger partial charge in [0.25, 0.3) is 0 Å². The Balaban J connectivity index is 1.47. The van der Waals surface area contributed by atoms with Crippen molar-refractivity contribution >= 4 is 11.6 Å². The molecule has 2 heterocycles. The molecule has 1 aromatic carbocycles. The maximum absolute atomic E-state index is 10.1. The SMILES string of the molecule is CN=C(NCC(C)N1CCC(C)CC1)N1CCN(c2ccccc2O)CC1. The van der Waals surface area contributed by atoms with Crippen LogP contribution in [0.5, 0.6) is 5.75 Å². The van der Waals surface area contributed by atoms with Crippen LogP contribution in [0.4, 0.5) is 5.69 Å². The third-order valence-corrected chi connectivity index (χ3v) is 6.01. The third kappa shape index (κ3) is 5.06. The normalized spacial score (nSPS) is 21.4. The van der Waals surface area contributed by atoms with Gasteiger partial charge in [0.05, 0.1) is 5.69 Å². The molecule has 2 fully saturated rings. The minimum atomic E-state index is 0.359. The van der Waals surface area contributed by atoms with Crippen LogP contribution in [0.25, 0.3) is 0 Å². The first-order valence-corrected chi connectivity index (χ1v) is 10.3. The molecule has 0 radical (unpaired) electrons. The lowest BCUT2D eigenvalue weighted by Crippen LogP contribution is -2.54. The molecule has 6 heteroatoms. The minimum absolute atomic E-state index is 0.359. The molecule has 1 unspecified atom stereocenters. The van der Waals surface area contributed by atoms with E-state index < -0.39 is 0 Å². The first-order valence-electron chi connectivity index (χ1n) is 10.3. The molecule has 2 aliphatic rings. The summed E-state index contributed by atoms with van der Waals surface area (Å²) in [4.78, 5) is 11.7. The van der Waals surface area contributed by atoms with Crippen LogP contribution < -0.4 is 10.2 Å². The van der Waals surface area contributed by atoms with Gasteiger partial charge in [-0.25, -0.2) is 0 Å². The molecule has 0 aromatic heterocycles. The third-order valence-electron chi connectivity index (χ3n) is 6.01. The van der Waals surface area contributed by atoms with Gasteiger partial charge in [-0.3, -0.25) is 9.89 Å². The van der Waals surface area contributed by atoms with Crippen LogP contribution in [0.1, 0.15) is 26.7 Å². The van der Waals surface area contributed by atoms with E-state index in [1.165, 1.54) is 25.9 Å². The van der Waals surface area contributed by atoms with Crippen molar-refractivity contribution in [2.75, 3.05) is 57.8 Å².